The fraction of sp³-hybridized carbons (Fsp3) is 0.0370. The Kier molecular flexibility index (Phi) is 3.41. The summed E-state index contributed by atoms with van der Waals surface area (Å²) in [4.78, 5) is 3.67. The molecule has 4 aromatic carbocycles. The number of hydrogen-bond acceptors (Lipinski definition) is 0. The number of aromatic amines is 1. The third kappa shape index (κ3) is 2.43. The molecule has 2 heteroatoms. The highest BCUT2D eigenvalue weighted by Crippen LogP contribution is 2.37. The Hall–Kier alpha value is -3.78. The molecule has 0 aliphatic heterocycles. The molecule has 0 spiro atoms. The molecule has 0 amide bonds. The van der Waals surface area contributed by atoms with Gasteiger partial charge in [0.1, 0.15) is 5.65 Å². The largest absolute Gasteiger partial charge is 0.341 e. The van der Waals surface area contributed by atoms with Gasteiger partial charge in [0, 0.05) is 28.7 Å². The summed E-state index contributed by atoms with van der Waals surface area (Å²) >= 11 is 0. The van der Waals surface area contributed by atoms with E-state index in [9.17, 15) is 0 Å². The van der Waals surface area contributed by atoms with Crippen LogP contribution in [0, 0.1) is 0 Å². The number of aryl methyl sites for hydroxylation is 1. The van der Waals surface area contributed by atoms with E-state index < -0.39 is 0 Å². The Bertz CT molecular complexity index is 1490. The van der Waals surface area contributed by atoms with Gasteiger partial charge in [0.05, 0.1) is 5.52 Å². The first-order chi connectivity index (χ1) is 14.3. The van der Waals surface area contributed by atoms with Crippen LogP contribution in [0.25, 0.3) is 55.1 Å². The lowest BCUT2D eigenvalue weighted by Gasteiger charge is -2.05. The van der Waals surface area contributed by atoms with E-state index in [1.54, 1.807) is 0 Å². The number of nitrogens with one attached hydrogen (secondary N) is 1. The molecule has 29 heavy (non-hydrogen) atoms. The summed E-state index contributed by atoms with van der Waals surface area (Å²) in [7, 11) is 2.15. The minimum atomic E-state index is 1.17. The summed E-state index contributed by atoms with van der Waals surface area (Å²) in [5, 5.41) is 3.87. The van der Waals surface area contributed by atoms with Gasteiger partial charge in [-0.3, -0.25) is 0 Å². The van der Waals surface area contributed by atoms with Crippen LogP contribution in [0.5, 0.6) is 0 Å². The predicted octanol–water partition coefficient (Wildman–Crippen LogP) is 7.15. The average Bonchev–Trinajstić information content (AvgIpc) is 3.29. The van der Waals surface area contributed by atoms with Gasteiger partial charge >= 0.3 is 0 Å². The fourth-order valence-corrected chi connectivity index (χ4v) is 4.47. The van der Waals surface area contributed by atoms with Crippen molar-refractivity contribution in [3.8, 4) is 22.3 Å². The lowest BCUT2D eigenvalue weighted by molar-refractivity contribution is 0.997. The normalized spacial score (nSPS) is 11.6. The molecule has 0 saturated heterocycles. The highest BCUT2D eigenvalue weighted by Gasteiger charge is 2.15. The van der Waals surface area contributed by atoms with Crippen molar-refractivity contribution >= 4 is 32.8 Å². The van der Waals surface area contributed by atoms with Crippen LogP contribution in [0.15, 0.2) is 97.1 Å². The third-order valence-electron chi connectivity index (χ3n) is 5.96. The maximum atomic E-state index is 3.67. The molecule has 6 aromatic rings. The minimum absolute atomic E-state index is 1.17. The Morgan fingerprint density at radius 1 is 0.586 bits per heavy atom. The van der Waals surface area contributed by atoms with Gasteiger partial charge in [0.2, 0.25) is 0 Å². The van der Waals surface area contributed by atoms with Gasteiger partial charge in [-0.05, 0) is 34.4 Å². The van der Waals surface area contributed by atoms with Gasteiger partial charge < -0.3 is 9.55 Å². The zero-order chi connectivity index (χ0) is 19.4. The lowest BCUT2D eigenvalue weighted by atomic mass is 10.0. The summed E-state index contributed by atoms with van der Waals surface area (Å²) in [5.74, 6) is 0. The van der Waals surface area contributed by atoms with Gasteiger partial charge in [-0.1, -0.05) is 84.9 Å². The van der Waals surface area contributed by atoms with Gasteiger partial charge in [0.15, 0.2) is 0 Å². The number of H-pyrrole nitrogens is 1. The van der Waals surface area contributed by atoms with Crippen molar-refractivity contribution in [1.82, 2.24) is 9.55 Å². The van der Waals surface area contributed by atoms with Crippen molar-refractivity contribution < 1.29 is 0 Å². The van der Waals surface area contributed by atoms with E-state index in [-0.39, 0.29) is 0 Å². The van der Waals surface area contributed by atoms with E-state index in [0.717, 1.165) is 0 Å². The SMILES string of the molecule is Cn1c2cc(-c3ccccc3)ccc2c2c3ccc(-c4ccccc4)cc3[nH]c21. The van der Waals surface area contributed by atoms with Crippen LogP contribution in [0.3, 0.4) is 0 Å². The van der Waals surface area contributed by atoms with Crippen molar-refractivity contribution in [2.24, 2.45) is 7.05 Å². The molecule has 2 nitrogen and oxygen atoms in total. The molecule has 1 N–H and O–H groups in total. The van der Waals surface area contributed by atoms with Crippen molar-refractivity contribution in [2.45, 2.75) is 0 Å². The molecular formula is C27H20N2. The quantitative estimate of drug-likeness (QED) is 0.333. The molecule has 138 valence electrons. The highest BCUT2D eigenvalue weighted by molar-refractivity contribution is 6.21. The molecule has 0 unspecified atom stereocenters. The third-order valence-corrected chi connectivity index (χ3v) is 5.96. The van der Waals surface area contributed by atoms with E-state index in [4.69, 9.17) is 0 Å². The van der Waals surface area contributed by atoms with Crippen LogP contribution in [0.4, 0.5) is 0 Å². The van der Waals surface area contributed by atoms with E-state index in [1.807, 2.05) is 0 Å². The van der Waals surface area contributed by atoms with Crippen LogP contribution in [-0.2, 0) is 7.05 Å². The Balaban J connectivity index is 1.58. The molecular weight excluding hydrogens is 352 g/mol. The van der Waals surface area contributed by atoms with Crippen LogP contribution in [0.2, 0.25) is 0 Å². The van der Waals surface area contributed by atoms with Gasteiger partial charge in [-0.25, -0.2) is 0 Å². The monoisotopic (exact) mass is 372 g/mol. The van der Waals surface area contributed by atoms with Crippen molar-refractivity contribution in [3.63, 3.8) is 0 Å². The van der Waals surface area contributed by atoms with Crippen LogP contribution >= 0.6 is 0 Å². The highest BCUT2D eigenvalue weighted by atomic mass is 15.0. The number of hydrogen-bond donors (Lipinski definition) is 1. The van der Waals surface area contributed by atoms with Gasteiger partial charge in [-0.15, -0.1) is 0 Å². The fourth-order valence-electron chi connectivity index (χ4n) is 4.47. The Morgan fingerprint density at radius 3 is 1.83 bits per heavy atom. The first-order valence-electron chi connectivity index (χ1n) is 9.94. The molecule has 6 rings (SSSR count). The molecule has 0 aliphatic carbocycles. The summed E-state index contributed by atoms with van der Waals surface area (Å²) in [6, 6.07) is 34.6. The van der Waals surface area contributed by atoms with Crippen molar-refractivity contribution in [1.29, 1.82) is 0 Å². The average molecular weight is 372 g/mol. The number of benzene rings is 4. The topological polar surface area (TPSA) is 20.7 Å². The molecule has 0 fully saturated rings. The van der Waals surface area contributed by atoms with Gasteiger partial charge in [-0.2, -0.15) is 0 Å². The van der Waals surface area contributed by atoms with E-state index in [0.29, 0.717) is 0 Å². The van der Waals surface area contributed by atoms with Gasteiger partial charge in [0.25, 0.3) is 0 Å². The summed E-state index contributed by atoms with van der Waals surface area (Å²) in [6.07, 6.45) is 0. The molecule has 0 atom stereocenters. The molecule has 2 heterocycles. The van der Waals surface area contributed by atoms with E-state index in [1.165, 1.54) is 55.1 Å². The smallest absolute Gasteiger partial charge is 0.119 e. The first kappa shape index (κ1) is 16.2. The number of fused-ring (bicyclic) bond motifs is 5. The summed E-state index contributed by atoms with van der Waals surface area (Å²) in [6.45, 7) is 0. The maximum Gasteiger partial charge on any atom is 0.119 e. The van der Waals surface area contributed by atoms with Crippen molar-refractivity contribution in [3.05, 3.63) is 97.1 Å². The minimum Gasteiger partial charge on any atom is -0.341 e. The lowest BCUT2D eigenvalue weighted by Crippen LogP contribution is -1.88. The summed E-state index contributed by atoms with van der Waals surface area (Å²) < 4.78 is 2.28. The number of aromatic nitrogens is 2. The van der Waals surface area contributed by atoms with E-state index in [2.05, 4.69) is 114 Å². The van der Waals surface area contributed by atoms with Crippen molar-refractivity contribution in [2.75, 3.05) is 0 Å². The van der Waals surface area contributed by atoms with Crippen LogP contribution in [0.1, 0.15) is 0 Å². The van der Waals surface area contributed by atoms with E-state index >= 15 is 0 Å². The van der Waals surface area contributed by atoms with Crippen LogP contribution in [-0.4, -0.2) is 9.55 Å². The Labute approximate surface area is 169 Å². The standard InChI is InChI=1S/C27H20N2/c1-29-25-17-21(19-10-6-3-7-11-19)13-15-23(25)26-22-14-12-20(16-24(22)28-27(26)29)18-8-4-2-5-9-18/h2-17,28H,1H3. The summed E-state index contributed by atoms with van der Waals surface area (Å²) in [5.41, 5.74) is 8.58. The van der Waals surface area contributed by atoms with Crippen LogP contribution < -0.4 is 0 Å². The second kappa shape index (κ2) is 6.11. The molecule has 0 saturated carbocycles. The predicted molar refractivity (Wildman–Crippen MR) is 123 cm³/mol. The molecule has 0 bridgehead atoms. The molecule has 0 radical (unpaired) electrons. The second-order valence-electron chi connectivity index (χ2n) is 7.63. The number of nitrogens with zero attached hydrogens (tertiary/aromatic N) is 1. The first-order valence-corrected chi connectivity index (χ1v) is 9.94. The molecule has 0 aliphatic rings. The zero-order valence-corrected chi connectivity index (χ0v) is 16.2. The number of rotatable bonds is 2. The second-order valence-corrected chi connectivity index (χ2v) is 7.63. The molecule has 2 aromatic heterocycles. The Morgan fingerprint density at radius 2 is 1.17 bits per heavy atom. The zero-order valence-electron chi connectivity index (χ0n) is 16.2. The maximum absolute atomic E-state index is 3.67.